The normalized spacial score (nSPS) is 17.6. The molecule has 1 aliphatic carbocycles. The molecule has 0 spiro atoms. The van der Waals surface area contributed by atoms with Gasteiger partial charge in [0, 0.05) is 17.8 Å². The molecule has 2 aromatic carbocycles. The van der Waals surface area contributed by atoms with Crippen LogP contribution in [0.1, 0.15) is 94.1 Å². The molecule has 3 rings (SSSR count). The van der Waals surface area contributed by atoms with Crippen LogP contribution in [0.15, 0.2) is 48.5 Å². The first kappa shape index (κ1) is 26.6. The Hall–Kier alpha value is -2.62. The molecule has 33 heavy (non-hydrogen) atoms. The van der Waals surface area contributed by atoms with Crippen LogP contribution in [0, 0.1) is 11.8 Å². The maximum atomic E-state index is 12.9. The zero-order valence-corrected chi connectivity index (χ0v) is 21.1. The Morgan fingerprint density at radius 2 is 1.52 bits per heavy atom. The number of carbonyl (C=O) groups excluding carboxylic acids is 2. The summed E-state index contributed by atoms with van der Waals surface area (Å²) in [5.41, 5.74) is 3.30. The molecule has 0 heterocycles. The fourth-order valence-corrected chi connectivity index (χ4v) is 4.38. The van der Waals surface area contributed by atoms with Crippen LogP contribution in [0.25, 0.3) is 0 Å². The van der Waals surface area contributed by atoms with Crippen molar-refractivity contribution in [2.75, 3.05) is 11.9 Å². The van der Waals surface area contributed by atoms with Gasteiger partial charge in [-0.1, -0.05) is 84.2 Å². The predicted molar refractivity (Wildman–Crippen MR) is 139 cm³/mol. The fraction of sp³-hybridized carbons (Fsp3) is 0.517. The highest BCUT2D eigenvalue weighted by Crippen LogP contribution is 2.30. The quantitative estimate of drug-likeness (QED) is 0.456. The number of rotatable bonds is 8. The van der Waals surface area contributed by atoms with Gasteiger partial charge in [0.15, 0.2) is 0 Å². The number of amides is 2. The SMILES string of the molecule is CC.CCC1CCC(CNC(=O)Cc2ccccc2C(=O)Nc2ccc(C(C)C)cc2)CC1. The molecule has 4 heteroatoms. The molecule has 0 aliphatic heterocycles. The minimum Gasteiger partial charge on any atom is -0.356 e. The van der Waals surface area contributed by atoms with Crippen molar-refractivity contribution in [3.05, 3.63) is 65.2 Å². The molecule has 4 nitrogen and oxygen atoms in total. The van der Waals surface area contributed by atoms with Gasteiger partial charge in [0.1, 0.15) is 0 Å². The van der Waals surface area contributed by atoms with Crippen LogP contribution < -0.4 is 10.6 Å². The zero-order valence-electron chi connectivity index (χ0n) is 21.1. The van der Waals surface area contributed by atoms with E-state index >= 15 is 0 Å². The number of anilines is 1. The molecule has 0 radical (unpaired) electrons. The molecule has 1 fully saturated rings. The van der Waals surface area contributed by atoms with Gasteiger partial charge in [0.05, 0.1) is 6.42 Å². The highest BCUT2D eigenvalue weighted by atomic mass is 16.2. The van der Waals surface area contributed by atoms with Gasteiger partial charge in [-0.2, -0.15) is 0 Å². The number of benzene rings is 2. The summed E-state index contributed by atoms with van der Waals surface area (Å²) in [6, 6.07) is 15.3. The van der Waals surface area contributed by atoms with Gasteiger partial charge >= 0.3 is 0 Å². The van der Waals surface area contributed by atoms with Crippen molar-refractivity contribution in [3.63, 3.8) is 0 Å². The monoisotopic (exact) mass is 450 g/mol. The molecule has 0 saturated heterocycles. The average Bonchev–Trinajstić information content (AvgIpc) is 2.85. The lowest BCUT2D eigenvalue weighted by Crippen LogP contribution is -2.32. The fourth-order valence-electron chi connectivity index (χ4n) is 4.38. The Morgan fingerprint density at radius 1 is 0.909 bits per heavy atom. The van der Waals surface area contributed by atoms with E-state index in [9.17, 15) is 9.59 Å². The maximum absolute atomic E-state index is 12.9. The third kappa shape index (κ3) is 8.34. The summed E-state index contributed by atoms with van der Waals surface area (Å²) in [6.07, 6.45) is 6.44. The van der Waals surface area contributed by atoms with Crippen molar-refractivity contribution in [2.24, 2.45) is 11.8 Å². The van der Waals surface area contributed by atoms with Gasteiger partial charge in [-0.3, -0.25) is 9.59 Å². The van der Waals surface area contributed by atoms with E-state index in [0.29, 0.717) is 17.4 Å². The molecule has 0 bridgehead atoms. The van der Waals surface area contributed by atoms with Crippen LogP contribution >= 0.6 is 0 Å². The first-order valence-electron chi connectivity index (χ1n) is 12.7. The number of hydrogen-bond donors (Lipinski definition) is 2. The van der Waals surface area contributed by atoms with E-state index in [2.05, 4.69) is 31.4 Å². The average molecular weight is 451 g/mol. The number of nitrogens with one attached hydrogen (secondary N) is 2. The molecule has 2 aromatic rings. The second kappa shape index (κ2) is 13.8. The van der Waals surface area contributed by atoms with Crippen LogP contribution in [-0.2, 0) is 11.2 Å². The molecule has 2 N–H and O–H groups in total. The maximum Gasteiger partial charge on any atom is 0.255 e. The Morgan fingerprint density at radius 3 is 2.12 bits per heavy atom. The van der Waals surface area contributed by atoms with Crippen LogP contribution in [0.5, 0.6) is 0 Å². The minimum absolute atomic E-state index is 0.0147. The van der Waals surface area contributed by atoms with E-state index in [0.717, 1.165) is 23.7 Å². The van der Waals surface area contributed by atoms with Crippen LogP contribution in [-0.4, -0.2) is 18.4 Å². The van der Waals surface area contributed by atoms with E-state index in [4.69, 9.17) is 0 Å². The molecule has 0 unspecified atom stereocenters. The lowest BCUT2D eigenvalue weighted by molar-refractivity contribution is -0.120. The van der Waals surface area contributed by atoms with Gasteiger partial charge < -0.3 is 10.6 Å². The van der Waals surface area contributed by atoms with Crippen LogP contribution in [0.4, 0.5) is 5.69 Å². The zero-order chi connectivity index (χ0) is 24.2. The van der Waals surface area contributed by atoms with E-state index < -0.39 is 0 Å². The molecule has 1 saturated carbocycles. The topological polar surface area (TPSA) is 58.2 Å². The van der Waals surface area contributed by atoms with Crippen molar-refractivity contribution in [3.8, 4) is 0 Å². The Balaban J connectivity index is 0.00000187. The molecule has 1 aliphatic rings. The lowest BCUT2D eigenvalue weighted by Gasteiger charge is -2.27. The predicted octanol–water partition coefficient (Wildman–Crippen LogP) is 6.96. The molecule has 0 aromatic heterocycles. The van der Waals surface area contributed by atoms with E-state index in [1.54, 1.807) is 6.07 Å². The Labute approximate surface area is 200 Å². The van der Waals surface area contributed by atoms with E-state index in [1.165, 1.54) is 37.7 Å². The highest BCUT2D eigenvalue weighted by Gasteiger charge is 2.21. The summed E-state index contributed by atoms with van der Waals surface area (Å²) in [4.78, 5) is 25.4. The second-order valence-electron chi connectivity index (χ2n) is 9.16. The third-order valence-electron chi connectivity index (χ3n) is 6.58. The minimum atomic E-state index is -0.182. The van der Waals surface area contributed by atoms with Crippen molar-refractivity contribution in [1.29, 1.82) is 0 Å². The standard InChI is InChI=1S/C27H36N2O2.C2H6/c1-4-20-9-11-21(12-10-20)18-28-26(30)17-23-7-5-6-8-25(23)27(31)29-24-15-13-22(14-16-24)19(2)3;1-2/h5-8,13-16,19-21H,4,9-12,17-18H2,1-3H3,(H,28,30)(H,29,31);1-2H3. The highest BCUT2D eigenvalue weighted by molar-refractivity contribution is 6.05. The summed E-state index contributed by atoms with van der Waals surface area (Å²) in [6.45, 7) is 11.3. The largest absolute Gasteiger partial charge is 0.356 e. The van der Waals surface area contributed by atoms with Crippen LogP contribution in [0.3, 0.4) is 0 Å². The van der Waals surface area contributed by atoms with Crippen molar-refractivity contribution in [1.82, 2.24) is 5.32 Å². The Kier molecular flexibility index (Phi) is 11.2. The van der Waals surface area contributed by atoms with Gasteiger partial charge in [-0.15, -0.1) is 0 Å². The Bertz CT molecular complexity index is 865. The lowest BCUT2D eigenvalue weighted by atomic mass is 9.81. The first-order valence-corrected chi connectivity index (χ1v) is 12.7. The molecular weight excluding hydrogens is 408 g/mol. The van der Waals surface area contributed by atoms with Crippen molar-refractivity contribution < 1.29 is 9.59 Å². The third-order valence-corrected chi connectivity index (χ3v) is 6.58. The van der Waals surface area contributed by atoms with E-state index in [1.807, 2.05) is 56.3 Å². The molecule has 0 atom stereocenters. The summed E-state index contributed by atoms with van der Waals surface area (Å²) < 4.78 is 0. The van der Waals surface area contributed by atoms with Gasteiger partial charge in [0.2, 0.25) is 5.91 Å². The number of hydrogen-bond acceptors (Lipinski definition) is 2. The smallest absolute Gasteiger partial charge is 0.255 e. The van der Waals surface area contributed by atoms with E-state index in [-0.39, 0.29) is 18.2 Å². The van der Waals surface area contributed by atoms with Gasteiger partial charge in [-0.25, -0.2) is 0 Å². The number of carbonyl (C=O) groups is 2. The summed E-state index contributed by atoms with van der Waals surface area (Å²) in [5.74, 6) is 1.70. The van der Waals surface area contributed by atoms with Crippen molar-refractivity contribution >= 4 is 17.5 Å². The summed E-state index contributed by atoms with van der Waals surface area (Å²) >= 11 is 0. The van der Waals surface area contributed by atoms with Gasteiger partial charge in [-0.05, 0) is 59.9 Å². The summed E-state index contributed by atoms with van der Waals surface area (Å²) in [5, 5.41) is 6.06. The van der Waals surface area contributed by atoms with Gasteiger partial charge in [0.25, 0.3) is 5.91 Å². The summed E-state index contributed by atoms with van der Waals surface area (Å²) in [7, 11) is 0. The molecular formula is C29H42N2O2. The van der Waals surface area contributed by atoms with Crippen LogP contribution in [0.2, 0.25) is 0 Å². The molecule has 180 valence electrons. The first-order chi connectivity index (χ1) is 16.0. The second-order valence-corrected chi connectivity index (χ2v) is 9.16. The van der Waals surface area contributed by atoms with Crippen molar-refractivity contribution in [2.45, 2.75) is 79.1 Å². The molecule has 2 amide bonds.